The number of hydrogen-bond acceptors (Lipinski definition) is 2. The molecule has 17 heavy (non-hydrogen) atoms. The molecule has 1 aromatic rings. The maximum absolute atomic E-state index is 10.9. The van der Waals surface area contributed by atoms with Gasteiger partial charge in [-0.15, -0.1) is 0 Å². The third kappa shape index (κ3) is 3.77. The fraction of sp³-hybridized carbons (Fsp3) is 0.500. The molecule has 0 radical (unpaired) electrons. The Hall–Kier alpha value is -1.51. The van der Waals surface area contributed by atoms with E-state index >= 15 is 0 Å². The van der Waals surface area contributed by atoms with Gasteiger partial charge in [-0.05, 0) is 37.5 Å². The fourth-order valence-corrected chi connectivity index (χ4v) is 1.62. The lowest BCUT2D eigenvalue weighted by molar-refractivity contribution is -0.141. The van der Waals surface area contributed by atoms with Crippen molar-refractivity contribution in [2.75, 3.05) is 0 Å². The molecule has 3 nitrogen and oxygen atoms in total. The number of ether oxygens (including phenoxy) is 1. The maximum Gasteiger partial charge on any atom is 0.306 e. The van der Waals surface area contributed by atoms with Crippen molar-refractivity contribution in [3.63, 3.8) is 0 Å². The van der Waals surface area contributed by atoms with Crippen LogP contribution in [0.1, 0.15) is 39.2 Å². The number of carboxylic acid groups (broad SMARTS) is 1. The summed E-state index contributed by atoms with van der Waals surface area (Å²) in [6.45, 7) is 7.61. The summed E-state index contributed by atoms with van der Waals surface area (Å²) in [5.41, 5.74) is 1.02. The minimum atomic E-state index is -0.764. The van der Waals surface area contributed by atoms with Gasteiger partial charge in [0.25, 0.3) is 0 Å². The highest BCUT2D eigenvalue weighted by Crippen LogP contribution is 2.26. The summed E-state index contributed by atoms with van der Waals surface area (Å²) in [6.07, 6.45) is 0.149. The van der Waals surface area contributed by atoms with Crippen molar-refractivity contribution >= 4 is 5.97 Å². The Morgan fingerprint density at radius 3 is 2.06 bits per heavy atom. The molecule has 2 atom stereocenters. The fourth-order valence-electron chi connectivity index (χ4n) is 1.62. The summed E-state index contributed by atoms with van der Waals surface area (Å²) < 4.78 is 5.54. The van der Waals surface area contributed by atoms with Crippen LogP contribution in [0.5, 0.6) is 5.75 Å². The molecule has 1 aromatic carbocycles. The van der Waals surface area contributed by atoms with E-state index in [9.17, 15) is 4.79 Å². The van der Waals surface area contributed by atoms with Gasteiger partial charge in [0.15, 0.2) is 0 Å². The average Bonchev–Trinajstić information content (AvgIpc) is 2.27. The van der Waals surface area contributed by atoms with Crippen LogP contribution in [0.3, 0.4) is 0 Å². The zero-order chi connectivity index (χ0) is 13.0. The van der Waals surface area contributed by atoms with Crippen LogP contribution < -0.4 is 4.74 Å². The highest BCUT2D eigenvalue weighted by molar-refractivity contribution is 5.70. The number of carboxylic acids is 1. The van der Waals surface area contributed by atoms with E-state index in [1.165, 1.54) is 0 Å². The van der Waals surface area contributed by atoms with Crippen LogP contribution in [-0.4, -0.2) is 17.2 Å². The van der Waals surface area contributed by atoms with Gasteiger partial charge in [0.2, 0.25) is 0 Å². The molecular formula is C14H20O3. The van der Waals surface area contributed by atoms with Gasteiger partial charge in [-0.2, -0.15) is 0 Å². The molecule has 0 heterocycles. The molecule has 0 amide bonds. The van der Waals surface area contributed by atoms with Crippen molar-refractivity contribution in [3.05, 3.63) is 29.8 Å². The van der Waals surface area contributed by atoms with Crippen LogP contribution in [-0.2, 0) is 4.79 Å². The monoisotopic (exact) mass is 236 g/mol. The van der Waals surface area contributed by atoms with Gasteiger partial charge in [-0.3, -0.25) is 4.79 Å². The Bertz CT molecular complexity index is 368. The van der Waals surface area contributed by atoms with Gasteiger partial charge in [0, 0.05) is 0 Å². The molecule has 0 aliphatic carbocycles. The molecule has 1 N–H and O–H groups in total. The molecule has 0 bridgehead atoms. The second-order valence-corrected chi connectivity index (χ2v) is 4.65. The lowest BCUT2D eigenvalue weighted by Gasteiger charge is -2.17. The summed E-state index contributed by atoms with van der Waals surface area (Å²) in [4.78, 5) is 10.9. The molecule has 0 aliphatic rings. The van der Waals surface area contributed by atoms with Crippen molar-refractivity contribution in [2.24, 2.45) is 5.92 Å². The second kappa shape index (κ2) is 5.71. The van der Waals surface area contributed by atoms with E-state index in [1.54, 1.807) is 6.92 Å². The minimum Gasteiger partial charge on any atom is -0.491 e. The highest BCUT2D eigenvalue weighted by atomic mass is 16.5. The van der Waals surface area contributed by atoms with Crippen LogP contribution in [0, 0.1) is 5.92 Å². The molecule has 0 fully saturated rings. The zero-order valence-electron chi connectivity index (χ0n) is 10.8. The zero-order valence-corrected chi connectivity index (χ0v) is 10.8. The van der Waals surface area contributed by atoms with Crippen molar-refractivity contribution in [1.82, 2.24) is 0 Å². The van der Waals surface area contributed by atoms with E-state index in [0.29, 0.717) is 0 Å². The first kappa shape index (κ1) is 13.6. The molecule has 1 rings (SSSR count). The first-order valence-corrected chi connectivity index (χ1v) is 5.91. The molecule has 94 valence electrons. The molecule has 0 aliphatic heterocycles. The molecule has 2 unspecified atom stereocenters. The summed E-state index contributed by atoms with van der Waals surface area (Å²) in [5.74, 6) is -0.327. The van der Waals surface area contributed by atoms with Gasteiger partial charge < -0.3 is 9.84 Å². The number of benzene rings is 1. The number of aliphatic carboxylic acids is 1. The van der Waals surface area contributed by atoms with Gasteiger partial charge in [0.1, 0.15) is 5.75 Å². The molecule has 3 heteroatoms. The Kier molecular flexibility index (Phi) is 4.55. The predicted molar refractivity (Wildman–Crippen MR) is 67.4 cm³/mol. The Labute approximate surface area is 102 Å². The van der Waals surface area contributed by atoms with Gasteiger partial charge in [0.05, 0.1) is 12.0 Å². The molecule has 0 saturated heterocycles. The number of rotatable bonds is 5. The minimum absolute atomic E-state index is 0.000556. The molecular weight excluding hydrogens is 216 g/mol. The van der Waals surface area contributed by atoms with Gasteiger partial charge >= 0.3 is 5.97 Å². The molecule has 0 saturated carbocycles. The van der Waals surface area contributed by atoms with E-state index in [2.05, 4.69) is 0 Å². The van der Waals surface area contributed by atoms with Gasteiger partial charge in [-0.1, -0.05) is 26.0 Å². The topological polar surface area (TPSA) is 46.5 Å². The predicted octanol–water partition coefficient (Wildman–Crippen LogP) is 3.30. The third-order valence-electron chi connectivity index (χ3n) is 2.92. The third-order valence-corrected chi connectivity index (χ3v) is 2.92. The van der Waals surface area contributed by atoms with Crippen molar-refractivity contribution < 1.29 is 14.6 Å². The maximum atomic E-state index is 10.9. The summed E-state index contributed by atoms with van der Waals surface area (Å²) in [5, 5.41) is 8.96. The van der Waals surface area contributed by atoms with Crippen molar-refractivity contribution in [1.29, 1.82) is 0 Å². The molecule has 0 aromatic heterocycles. The van der Waals surface area contributed by atoms with E-state index in [1.807, 2.05) is 45.0 Å². The number of carbonyl (C=O) groups is 1. The summed E-state index contributed by atoms with van der Waals surface area (Å²) in [6, 6.07) is 7.64. The second-order valence-electron chi connectivity index (χ2n) is 4.65. The van der Waals surface area contributed by atoms with Crippen LogP contribution >= 0.6 is 0 Å². The highest BCUT2D eigenvalue weighted by Gasteiger charge is 2.20. The number of hydrogen-bond donors (Lipinski definition) is 1. The summed E-state index contributed by atoms with van der Waals surface area (Å²) >= 11 is 0. The Balaban J connectivity index is 2.76. The Morgan fingerprint density at radius 2 is 1.65 bits per heavy atom. The van der Waals surface area contributed by atoms with Crippen molar-refractivity contribution in [2.45, 2.75) is 39.7 Å². The van der Waals surface area contributed by atoms with E-state index in [-0.39, 0.29) is 17.9 Å². The SMILES string of the molecule is CC(C)Oc1ccc(C(C)C(C)C(=O)O)cc1. The van der Waals surface area contributed by atoms with Crippen LogP contribution in [0.25, 0.3) is 0 Å². The van der Waals surface area contributed by atoms with E-state index in [4.69, 9.17) is 9.84 Å². The Morgan fingerprint density at radius 1 is 1.12 bits per heavy atom. The molecule has 0 spiro atoms. The largest absolute Gasteiger partial charge is 0.491 e. The van der Waals surface area contributed by atoms with Crippen molar-refractivity contribution in [3.8, 4) is 5.75 Å². The first-order chi connectivity index (χ1) is 7.91. The van der Waals surface area contributed by atoms with E-state index in [0.717, 1.165) is 11.3 Å². The first-order valence-electron chi connectivity index (χ1n) is 5.91. The quantitative estimate of drug-likeness (QED) is 0.853. The normalized spacial score (nSPS) is 14.4. The lowest BCUT2D eigenvalue weighted by atomic mass is 9.89. The van der Waals surface area contributed by atoms with Crippen LogP contribution in [0.15, 0.2) is 24.3 Å². The van der Waals surface area contributed by atoms with Gasteiger partial charge in [-0.25, -0.2) is 0 Å². The average molecular weight is 236 g/mol. The smallest absolute Gasteiger partial charge is 0.306 e. The van der Waals surface area contributed by atoms with E-state index < -0.39 is 5.97 Å². The van der Waals surface area contributed by atoms with Crippen LogP contribution in [0.4, 0.5) is 0 Å². The summed E-state index contributed by atoms with van der Waals surface area (Å²) in [7, 11) is 0. The lowest BCUT2D eigenvalue weighted by Crippen LogP contribution is -2.16. The van der Waals surface area contributed by atoms with Crippen LogP contribution in [0.2, 0.25) is 0 Å². The standard InChI is InChI=1S/C14H20O3/c1-9(2)17-13-7-5-12(6-8-13)10(3)11(4)14(15)16/h5-11H,1-4H3,(H,15,16).